The van der Waals surface area contributed by atoms with Gasteiger partial charge in [0, 0.05) is 26.4 Å². The zero-order valence-corrected chi connectivity index (χ0v) is 10.6. The van der Waals surface area contributed by atoms with Crippen LogP contribution in [0.3, 0.4) is 0 Å². The number of aromatic carboxylic acids is 1. The van der Waals surface area contributed by atoms with Crippen molar-refractivity contribution in [3.63, 3.8) is 0 Å². The van der Waals surface area contributed by atoms with Gasteiger partial charge in [-0.25, -0.2) is 14.8 Å². The average molecular weight is 255 g/mol. The molecule has 0 spiro atoms. The Kier molecular flexibility index (Phi) is 4.99. The van der Waals surface area contributed by atoms with Crippen LogP contribution in [0.5, 0.6) is 0 Å². The van der Waals surface area contributed by atoms with E-state index in [9.17, 15) is 9.90 Å². The van der Waals surface area contributed by atoms with Crippen molar-refractivity contribution < 1.29 is 19.7 Å². The van der Waals surface area contributed by atoms with Gasteiger partial charge >= 0.3 is 5.97 Å². The first-order chi connectivity index (χ1) is 8.43. The quantitative estimate of drug-likeness (QED) is 0.734. The van der Waals surface area contributed by atoms with Crippen LogP contribution in [0.15, 0.2) is 6.07 Å². The number of aryl methyl sites for hydroxylation is 1. The molecule has 0 aliphatic rings. The lowest BCUT2D eigenvalue weighted by molar-refractivity contribution is 0.0688. The Morgan fingerprint density at radius 2 is 2.22 bits per heavy atom. The lowest BCUT2D eigenvalue weighted by atomic mass is 10.3. The number of ether oxygens (including phenoxy) is 1. The first-order valence-corrected chi connectivity index (χ1v) is 5.41. The summed E-state index contributed by atoms with van der Waals surface area (Å²) in [5, 5.41) is 18.5. The SMILES string of the molecule is COCC(O)CN(C)c1nc(C)cc(C(=O)O)n1. The minimum Gasteiger partial charge on any atom is -0.477 e. The second-order valence-electron chi connectivity index (χ2n) is 3.99. The number of anilines is 1. The largest absolute Gasteiger partial charge is 0.477 e. The second-order valence-corrected chi connectivity index (χ2v) is 3.99. The lowest BCUT2D eigenvalue weighted by Gasteiger charge is -2.20. The molecule has 0 fully saturated rings. The van der Waals surface area contributed by atoms with Crippen LogP contribution < -0.4 is 4.90 Å². The van der Waals surface area contributed by atoms with Gasteiger partial charge in [0.1, 0.15) is 0 Å². The molecule has 1 rings (SSSR count). The van der Waals surface area contributed by atoms with Crippen molar-refractivity contribution in [2.45, 2.75) is 13.0 Å². The fraction of sp³-hybridized carbons (Fsp3) is 0.545. The maximum absolute atomic E-state index is 10.9. The standard InChI is InChI=1S/C11H17N3O4/c1-7-4-9(10(16)17)13-11(12-7)14(2)5-8(15)6-18-3/h4,8,15H,5-6H2,1-3H3,(H,16,17). The van der Waals surface area contributed by atoms with Crippen molar-refractivity contribution in [2.24, 2.45) is 0 Å². The molecule has 0 saturated carbocycles. The maximum atomic E-state index is 10.9. The van der Waals surface area contributed by atoms with Gasteiger partial charge < -0.3 is 19.8 Å². The predicted octanol–water partition coefficient (Wildman–Crippen LogP) is -0.0733. The first kappa shape index (κ1) is 14.3. The summed E-state index contributed by atoms with van der Waals surface area (Å²) in [5.41, 5.74) is 0.496. The summed E-state index contributed by atoms with van der Waals surface area (Å²) in [6.45, 7) is 2.15. The molecule has 0 amide bonds. The van der Waals surface area contributed by atoms with Crippen molar-refractivity contribution in [2.75, 3.05) is 32.2 Å². The number of aliphatic hydroxyl groups excluding tert-OH is 1. The Morgan fingerprint density at radius 3 is 2.78 bits per heavy atom. The summed E-state index contributed by atoms with van der Waals surface area (Å²) in [7, 11) is 3.17. The molecule has 7 heteroatoms. The monoisotopic (exact) mass is 255 g/mol. The van der Waals surface area contributed by atoms with E-state index in [-0.39, 0.29) is 24.8 Å². The summed E-state index contributed by atoms with van der Waals surface area (Å²) in [6.07, 6.45) is -0.683. The van der Waals surface area contributed by atoms with E-state index in [0.717, 1.165) is 0 Å². The third-order valence-electron chi connectivity index (χ3n) is 2.25. The van der Waals surface area contributed by atoms with Gasteiger partial charge in [0.2, 0.25) is 5.95 Å². The Labute approximate surface area is 105 Å². The fourth-order valence-corrected chi connectivity index (χ4v) is 1.48. The normalized spacial score (nSPS) is 12.2. The molecule has 0 aromatic carbocycles. The molecule has 1 aromatic heterocycles. The van der Waals surface area contributed by atoms with E-state index in [1.165, 1.54) is 13.2 Å². The molecule has 0 saturated heterocycles. The summed E-state index contributed by atoms with van der Waals surface area (Å²) in [5.74, 6) is -0.838. The van der Waals surface area contributed by atoms with Gasteiger partial charge in [-0.15, -0.1) is 0 Å². The van der Waals surface area contributed by atoms with E-state index in [1.807, 2.05) is 0 Å². The van der Waals surface area contributed by atoms with Crippen molar-refractivity contribution >= 4 is 11.9 Å². The molecule has 100 valence electrons. The zero-order chi connectivity index (χ0) is 13.7. The van der Waals surface area contributed by atoms with Crippen molar-refractivity contribution in [3.8, 4) is 0 Å². The third kappa shape index (κ3) is 3.94. The van der Waals surface area contributed by atoms with Gasteiger partial charge in [-0.2, -0.15) is 0 Å². The van der Waals surface area contributed by atoms with Gasteiger partial charge in [-0.1, -0.05) is 0 Å². The minimum absolute atomic E-state index is 0.0643. The highest BCUT2D eigenvalue weighted by molar-refractivity contribution is 5.85. The number of aromatic nitrogens is 2. The minimum atomic E-state index is -1.10. The molecule has 2 N–H and O–H groups in total. The summed E-state index contributed by atoms with van der Waals surface area (Å²) in [6, 6.07) is 1.39. The Morgan fingerprint density at radius 1 is 1.56 bits per heavy atom. The molecule has 1 heterocycles. The van der Waals surface area contributed by atoms with Crippen molar-refractivity contribution in [1.29, 1.82) is 0 Å². The Hall–Kier alpha value is -1.73. The van der Waals surface area contributed by atoms with Crippen LogP contribution in [-0.4, -0.2) is 59.6 Å². The molecule has 0 aliphatic carbocycles. The number of rotatable bonds is 6. The molecule has 0 radical (unpaired) electrons. The molecule has 7 nitrogen and oxygen atoms in total. The van der Waals surface area contributed by atoms with E-state index < -0.39 is 12.1 Å². The van der Waals surface area contributed by atoms with Gasteiger partial charge in [-0.3, -0.25) is 0 Å². The fourth-order valence-electron chi connectivity index (χ4n) is 1.48. The zero-order valence-electron chi connectivity index (χ0n) is 10.6. The van der Waals surface area contributed by atoms with Crippen LogP contribution in [0.4, 0.5) is 5.95 Å². The highest BCUT2D eigenvalue weighted by Crippen LogP contribution is 2.09. The molecule has 0 aliphatic heterocycles. The van der Waals surface area contributed by atoms with Crippen molar-refractivity contribution in [3.05, 3.63) is 17.5 Å². The lowest BCUT2D eigenvalue weighted by Crippen LogP contribution is -2.33. The molecular formula is C11H17N3O4. The number of nitrogens with zero attached hydrogens (tertiary/aromatic N) is 3. The van der Waals surface area contributed by atoms with E-state index >= 15 is 0 Å². The average Bonchev–Trinajstić information content (AvgIpc) is 2.28. The van der Waals surface area contributed by atoms with Gasteiger partial charge in [-0.05, 0) is 13.0 Å². The molecule has 18 heavy (non-hydrogen) atoms. The van der Waals surface area contributed by atoms with Crippen molar-refractivity contribution in [1.82, 2.24) is 9.97 Å². The third-order valence-corrected chi connectivity index (χ3v) is 2.25. The van der Waals surface area contributed by atoms with Gasteiger partial charge in [0.25, 0.3) is 0 Å². The highest BCUT2D eigenvalue weighted by atomic mass is 16.5. The summed E-state index contributed by atoms with van der Waals surface area (Å²) in [4.78, 5) is 20.5. The number of hydrogen-bond donors (Lipinski definition) is 2. The van der Waals surface area contributed by atoms with Crippen LogP contribution in [0, 0.1) is 6.92 Å². The number of methoxy groups -OCH3 is 1. The van der Waals surface area contributed by atoms with Crippen LogP contribution in [0.2, 0.25) is 0 Å². The Balaban J connectivity index is 2.85. The number of carboxylic acid groups (broad SMARTS) is 1. The molecule has 1 atom stereocenters. The van der Waals surface area contributed by atoms with Crippen LogP contribution in [0.25, 0.3) is 0 Å². The van der Waals surface area contributed by atoms with E-state index in [0.29, 0.717) is 5.69 Å². The predicted molar refractivity (Wildman–Crippen MR) is 64.9 cm³/mol. The first-order valence-electron chi connectivity index (χ1n) is 5.41. The molecule has 0 bridgehead atoms. The van der Waals surface area contributed by atoms with Gasteiger partial charge in [0.15, 0.2) is 5.69 Å². The van der Waals surface area contributed by atoms with E-state index in [4.69, 9.17) is 9.84 Å². The van der Waals surface area contributed by atoms with E-state index in [1.54, 1.807) is 18.9 Å². The topological polar surface area (TPSA) is 95.8 Å². The summed E-state index contributed by atoms with van der Waals surface area (Å²) >= 11 is 0. The van der Waals surface area contributed by atoms with Crippen LogP contribution in [-0.2, 0) is 4.74 Å². The van der Waals surface area contributed by atoms with E-state index in [2.05, 4.69) is 9.97 Å². The molecule has 1 aromatic rings. The molecule has 1 unspecified atom stereocenters. The summed E-state index contributed by atoms with van der Waals surface area (Å²) < 4.78 is 4.81. The number of aliphatic hydroxyl groups is 1. The van der Waals surface area contributed by atoms with Crippen LogP contribution >= 0.6 is 0 Å². The number of carbonyl (C=O) groups is 1. The smallest absolute Gasteiger partial charge is 0.354 e. The second kappa shape index (κ2) is 6.27. The number of carboxylic acids is 1. The molecular weight excluding hydrogens is 238 g/mol. The van der Waals surface area contributed by atoms with Crippen LogP contribution in [0.1, 0.15) is 16.2 Å². The van der Waals surface area contributed by atoms with Gasteiger partial charge in [0.05, 0.1) is 12.7 Å². The maximum Gasteiger partial charge on any atom is 0.354 e. The Bertz CT molecular complexity index is 425. The number of hydrogen-bond acceptors (Lipinski definition) is 6. The highest BCUT2D eigenvalue weighted by Gasteiger charge is 2.14. The number of likely N-dealkylation sites (N-methyl/N-ethyl adjacent to an activating group) is 1.